The molecule has 0 bridgehead atoms. The first-order valence-electron chi connectivity index (χ1n) is 7.54. The molecule has 1 aliphatic heterocycles. The molecule has 1 fully saturated rings. The van der Waals surface area contributed by atoms with Crippen LogP contribution in [0.5, 0.6) is 0 Å². The Kier molecular flexibility index (Phi) is 5.12. The number of thioether (sulfide) groups is 1. The molecule has 3 rings (SSSR count). The first-order valence-corrected chi connectivity index (χ1v) is 8.53. The number of carbonyl (C=O) groups is 1. The van der Waals surface area contributed by atoms with Gasteiger partial charge in [-0.25, -0.2) is 9.37 Å². The highest BCUT2D eigenvalue weighted by molar-refractivity contribution is 8.00. The quantitative estimate of drug-likeness (QED) is 0.856. The lowest BCUT2D eigenvalue weighted by atomic mass is 10.2. The summed E-state index contributed by atoms with van der Waals surface area (Å²) in [6, 6.07) is 12.2. The fourth-order valence-corrected chi connectivity index (χ4v) is 3.29. The van der Waals surface area contributed by atoms with Gasteiger partial charge in [-0.2, -0.15) is 0 Å². The van der Waals surface area contributed by atoms with Gasteiger partial charge in [-0.1, -0.05) is 6.07 Å². The summed E-state index contributed by atoms with van der Waals surface area (Å²) in [4.78, 5) is 19.4. The number of amides is 1. The molecule has 2 aromatic rings. The molecule has 120 valence electrons. The van der Waals surface area contributed by atoms with E-state index in [1.54, 1.807) is 18.3 Å². The fourth-order valence-electron chi connectivity index (χ4n) is 2.58. The molecule has 0 aliphatic carbocycles. The molecule has 0 spiro atoms. The number of benzene rings is 1. The number of pyridine rings is 1. The van der Waals surface area contributed by atoms with Gasteiger partial charge in [0.2, 0.25) is 5.91 Å². The van der Waals surface area contributed by atoms with E-state index in [2.05, 4.69) is 15.2 Å². The van der Waals surface area contributed by atoms with Gasteiger partial charge in [0.1, 0.15) is 11.6 Å². The zero-order valence-electron chi connectivity index (χ0n) is 12.6. The summed E-state index contributed by atoms with van der Waals surface area (Å²) < 4.78 is 12.8. The van der Waals surface area contributed by atoms with Gasteiger partial charge in [-0.3, -0.25) is 4.79 Å². The number of carbonyl (C=O) groups excluding carboxylic acids is 1. The molecule has 1 aliphatic rings. The standard InChI is InChI=1S/C17H18FN3OS/c18-13-4-6-15(7-5-13)23-12-17(22)20-14-8-10-21(11-14)16-3-1-2-9-19-16/h1-7,9,14H,8,10-12H2,(H,20,22). The van der Waals surface area contributed by atoms with E-state index in [1.807, 2.05) is 18.2 Å². The smallest absolute Gasteiger partial charge is 0.230 e. The second kappa shape index (κ2) is 7.46. The minimum absolute atomic E-state index is 0.00666. The van der Waals surface area contributed by atoms with E-state index in [4.69, 9.17) is 0 Å². The Bertz CT molecular complexity index is 651. The van der Waals surface area contributed by atoms with Gasteiger partial charge in [0, 0.05) is 30.2 Å². The fraction of sp³-hybridized carbons (Fsp3) is 0.294. The van der Waals surface area contributed by atoms with E-state index in [1.165, 1.54) is 23.9 Å². The Morgan fingerprint density at radius 2 is 2.13 bits per heavy atom. The third-order valence-electron chi connectivity index (χ3n) is 3.71. The summed E-state index contributed by atoms with van der Waals surface area (Å²) in [6.07, 6.45) is 2.70. The molecule has 1 aromatic heterocycles. The Labute approximate surface area is 139 Å². The Morgan fingerprint density at radius 1 is 1.30 bits per heavy atom. The maximum Gasteiger partial charge on any atom is 0.230 e. The van der Waals surface area contributed by atoms with E-state index < -0.39 is 0 Å². The molecular weight excluding hydrogens is 313 g/mol. The second-order valence-electron chi connectivity index (χ2n) is 5.43. The largest absolute Gasteiger partial charge is 0.354 e. The molecule has 0 saturated carbocycles. The van der Waals surface area contributed by atoms with Gasteiger partial charge >= 0.3 is 0 Å². The average molecular weight is 331 g/mol. The Morgan fingerprint density at radius 3 is 2.87 bits per heavy atom. The van der Waals surface area contributed by atoms with Crippen molar-refractivity contribution >= 4 is 23.5 Å². The molecule has 1 N–H and O–H groups in total. The van der Waals surface area contributed by atoms with Gasteiger partial charge in [0.05, 0.1) is 5.75 Å². The summed E-state index contributed by atoms with van der Waals surface area (Å²) in [5, 5.41) is 3.06. The van der Waals surface area contributed by atoms with E-state index >= 15 is 0 Å². The molecule has 4 nitrogen and oxygen atoms in total. The van der Waals surface area contributed by atoms with Crippen LogP contribution >= 0.6 is 11.8 Å². The SMILES string of the molecule is O=C(CSc1ccc(F)cc1)NC1CCN(c2ccccn2)C1. The highest BCUT2D eigenvalue weighted by Crippen LogP contribution is 2.19. The van der Waals surface area contributed by atoms with E-state index in [9.17, 15) is 9.18 Å². The van der Waals surface area contributed by atoms with Crippen LogP contribution < -0.4 is 10.2 Å². The molecule has 1 unspecified atom stereocenters. The van der Waals surface area contributed by atoms with Crippen LogP contribution in [0, 0.1) is 5.82 Å². The van der Waals surface area contributed by atoms with Gasteiger partial charge < -0.3 is 10.2 Å². The van der Waals surface area contributed by atoms with Gasteiger partial charge in [-0.15, -0.1) is 11.8 Å². The summed E-state index contributed by atoms with van der Waals surface area (Å²) >= 11 is 1.41. The summed E-state index contributed by atoms with van der Waals surface area (Å²) in [5.74, 6) is 1.03. The number of hydrogen-bond acceptors (Lipinski definition) is 4. The van der Waals surface area contributed by atoms with E-state index in [0.717, 1.165) is 30.2 Å². The maximum absolute atomic E-state index is 12.8. The molecule has 1 amide bonds. The molecule has 1 saturated heterocycles. The molecule has 0 radical (unpaired) electrons. The van der Waals surface area contributed by atoms with Crippen LogP contribution in [0.15, 0.2) is 53.6 Å². The first kappa shape index (κ1) is 15.8. The number of halogens is 1. The van der Waals surface area contributed by atoms with Crippen molar-refractivity contribution in [3.05, 3.63) is 54.5 Å². The van der Waals surface area contributed by atoms with Crippen LogP contribution in [0.1, 0.15) is 6.42 Å². The number of nitrogens with zero attached hydrogens (tertiary/aromatic N) is 2. The summed E-state index contributed by atoms with van der Waals surface area (Å²) in [5.41, 5.74) is 0. The molecule has 23 heavy (non-hydrogen) atoms. The van der Waals surface area contributed by atoms with Crippen molar-refractivity contribution in [2.75, 3.05) is 23.7 Å². The zero-order chi connectivity index (χ0) is 16.1. The lowest BCUT2D eigenvalue weighted by Crippen LogP contribution is -2.38. The Hall–Kier alpha value is -2.08. The highest BCUT2D eigenvalue weighted by Gasteiger charge is 2.24. The molecule has 1 aromatic carbocycles. The van der Waals surface area contributed by atoms with Gasteiger partial charge in [-0.05, 0) is 42.8 Å². The Balaban J connectivity index is 1.45. The van der Waals surface area contributed by atoms with Crippen molar-refractivity contribution in [3.8, 4) is 0 Å². The van der Waals surface area contributed by atoms with Crippen LogP contribution in [-0.2, 0) is 4.79 Å². The van der Waals surface area contributed by atoms with Crippen molar-refractivity contribution < 1.29 is 9.18 Å². The van der Waals surface area contributed by atoms with Crippen molar-refractivity contribution in [3.63, 3.8) is 0 Å². The topological polar surface area (TPSA) is 45.2 Å². The van der Waals surface area contributed by atoms with Crippen LogP contribution in [0.3, 0.4) is 0 Å². The van der Waals surface area contributed by atoms with Crippen molar-refractivity contribution in [1.29, 1.82) is 0 Å². The second-order valence-corrected chi connectivity index (χ2v) is 6.48. The molecule has 1 atom stereocenters. The van der Waals surface area contributed by atoms with Crippen LogP contribution in [0.4, 0.5) is 10.2 Å². The third kappa shape index (κ3) is 4.45. The summed E-state index contributed by atoms with van der Waals surface area (Å²) in [6.45, 7) is 1.68. The number of anilines is 1. The minimum atomic E-state index is -0.264. The van der Waals surface area contributed by atoms with Crippen LogP contribution in [0.2, 0.25) is 0 Å². The summed E-state index contributed by atoms with van der Waals surface area (Å²) in [7, 11) is 0. The third-order valence-corrected chi connectivity index (χ3v) is 4.72. The predicted molar refractivity (Wildman–Crippen MR) is 90.1 cm³/mol. The highest BCUT2D eigenvalue weighted by atomic mass is 32.2. The molecule has 6 heteroatoms. The average Bonchev–Trinajstić information content (AvgIpc) is 3.04. The normalized spacial score (nSPS) is 17.3. The van der Waals surface area contributed by atoms with Crippen molar-refractivity contribution in [2.24, 2.45) is 0 Å². The van der Waals surface area contributed by atoms with Crippen molar-refractivity contribution in [2.45, 2.75) is 17.4 Å². The lowest BCUT2D eigenvalue weighted by molar-refractivity contribution is -0.119. The zero-order valence-corrected chi connectivity index (χ0v) is 13.4. The first-order chi connectivity index (χ1) is 11.2. The number of hydrogen-bond donors (Lipinski definition) is 1. The number of nitrogens with one attached hydrogen (secondary N) is 1. The van der Waals surface area contributed by atoms with E-state index in [-0.39, 0.29) is 17.8 Å². The van der Waals surface area contributed by atoms with Gasteiger partial charge in [0.15, 0.2) is 0 Å². The minimum Gasteiger partial charge on any atom is -0.354 e. The van der Waals surface area contributed by atoms with E-state index in [0.29, 0.717) is 5.75 Å². The lowest BCUT2D eigenvalue weighted by Gasteiger charge is -2.17. The van der Waals surface area contributed by atoms with Crippen LogP contribution in [0.25, 0.3) is 0 Å². The molecular formula is C17H18FN3OS. The number of aromatic nitrogens is 1. The maximum atomic E-state index is 12.8. The predicted octanol–water partition coefficient (Wildman–Crippen LogP) is 2.71. The monoisotopic (exact) mass is 331 g/mol. The van der Waals surface area contributed by atoms with Crippen molar-refractivity contribution in [1.82, 2.24) is 10.3 Å². The number of rotatable bonds is 5. The van der Waals surface area contributed by atoms with Gasteiger partial charge in [0.25, 0.3) is 0 Å². The molecule has 2 heterocycles. The van der Waals surface area contributed by atoms with Crippen LogP contribution in [-0.4, -0.2) is 35.8 Å².